The number of likely N-dealkylation sites (N-methyl/N-ethyl adjacent to an activating group) is 1. The van der Waals surface area contributed by atoms with Gasteiger partial charge in [0.2, 0.25) is 0 Å². The van der Waals surface area contributed by atoms with Gasteiger partial charge >= 0.3 is 0 Å². The summed E-state index contributed by atoms with van der Waals surface area (Å²) in [7, 11) is 6.15. The molecular weight excluding hydrogens is 406 g/mol. The maximum absolute atomic E-state index is 4.99. The van der Waals surface area contributed by atoms with Gasteiger partial charge in [-0.25, -0.2) is 9.97 Å². The van der Waals surface area contributed by atoms with E-state index >= 15 is 0 Å². The van der Waals surface area contributed by atoms with E-state index in [1.807, 2.05) is 47.6 Å². The smallest absolute Gasteiger partial charge is 0.164 e. The third-order valence-corrected chi connectivity index (χ3v) is 7.12. The van der Waals surface area contributed by atoms with Gasteiger partial charge in [0.05, 0.1) is 17.6 Å². The average Bonchev–Trinajstić information content (AvgIpc) is 3.37. The highest BCUT2D eigenvalue weighted by Gasteiger charge is 2.23. The number of hydrogen-bond acceptors (Lipinski definition) is 7. The number of hydrogen-bond donors (Lipinski definition) is 1. The van der Waals surface area contributed by atoms with Crippen molar-refractivity contribution in [3.8, 4) is 11.4 Å². The highest BCUT2D eigenvalue weighted by atomic mass is 32.1. The summed E-state index contributed by atoms with van der Waals surface area (Å²) in [4.78, 5) is 18.9. The van der Waals surface area contributed by atoms with Crippen LogP contribution < -0.4 is 5.32 Å². The number of aryl methyl sites for hydroxylation is 3. The van der Waals surface area contributed by atoms with Gasteiger partial charge in [0, 0.05) is 48.2 Å². The minimum atomic E-state index is 0.190. The third kappa shape index (κ3) is 3.93. The Balaban J connectivity index is 1.56. The first kappa shape index (κ1) is 20.1. The second-order valence-electron chi connectivity index (χ2n) is 8.34. The molecule has 4 aromatic heterocycles. The van der Waals surface area contributed by atoms with Crippen LogP contribution in [0, 0.1) is 0 Å². The molecule has 5 rings (SSSR count). The van der Waals surface area contributed by atoms with Crippen LogP contribution in [0.4, 0.5) is 5.82 Å². The van der Waals surface area contributed by atoms with E-state index in [0.29, 0.717) is 0 Å². The molecule has 31 heavy (non-hydrogen) atoms. The van der Waals surface area contributed by atoms with E-state index in [4.69, 9.17) is 9.97 Å². The summed E-state index contributed by atoms with van der Waals surface area (Å²) in [5, 5.41) is 9.24. The molecule has 0 saturated heterocycles. The van der Waals surface area contributed by atoms with Crippen molar-refractivity contribution in [2.24, 2.45) is 7.05 Å². The molecular formula is C23H27N7S. The molecule has 0 spiro atoms. The molecule has 4 heterocycles. The minimum absolute atomic E-state index is 0.190. The molecule has 0 amide bonds. The van der Waals surface area contributed by atoms with Gasteiger partial charge in [-0.1, -0.05) is 0 Å². The average molecular weight is 434 g/mol. The largest absolute Gasteiger partial charge is 0.367 e. The molecule has 0 radical (unpaired) electrons. The predicted molar refractivity (Wildman–Crippen MR) is 125 cm³/mol. The Kier molecular flexibility index (Phi) is 5.41. The van der Waals surface area contributed by atoms with Crippen molar-refractivity contribution in [1.82, 2.24) is 29.6 Å². The van der Waals surface area contributed by atoms with E-state index in [1.165, 1.54) is 34.2 Å². The lowest BCUT2D eigenvalue weighted by Gasteiger charge is -2.24. The van der Waals surface area contributed by atoms with Crippen molar-refractivity contribution in [1.29, 1.82) is 0 Å². The molecule has 0 aliphatic heterocycles. The van der Waals surface area contributed by atoms with Gasteiger partial charge in [-0.2, -0.15) is 5.10 Å². The van der Waals surface area contributed by atoms with E-state index < -0.39 is 0 Å². The molecule has 0 fully saturated rings. The van der Waals surface area contributed by atoms with Gasteiger partial charge in [0.15, 0.2) is 5.82 Å². The van der Waals surface area contributed by atoms with Crippen LogP contribution in [0.3, 0.4) is 0 Å². The molecule has 8 heteroatoms. The second-order valence-corrected chi connectivity index (χ2v) is 9.42. The van der Waals surface area contributed by atoms with E-state index in [1.54, 1.807) is 6.20 Å². The van der Waals surface area contributed by atoms with E-state index in [2.05, 4.69) is 40.6 Å². The fraction of sp³-hybridized carbons (Fsp3) is 0.391. The Morgan fingerprint density at radius 1 is 1.19 bits per heavy atom. The van der Waals surface area contributed by atoms with Crippen LogP contribution in [0.1, 0.15) is 34.9 Å². The Morgan fingerprint density at radius 3 is 2.81 bits per heavy atom. The Labute approximate surface area is 186 Å². The molecule has 1 atom stereocenters. The van der Waals surface area contributed by atoms with E-state index in [9.17, 15) is 0 Å². The van der Waals surface area contributed by atoms with Crippen molar-refractivity contribution in [2.75, 3.05) is 26.0 Å². The van der Waals surface area contributed by atoms with Gasteiger partial charge in [-0.15, -0.1) is 11.3 Å². The van der Waals surface area contributed by atoms with Crippen molar-refractivity contribution >= 4 is 27.4 Å². The highest BCUT2D eigenvalue weighted by molar-refractivity contribution is 7.19. The number of thiophene rings is 1. The summed E-state index contributed by atoms with van der Waals surface area (Å²) in [5.74, 6) is 1.66. The lowest BCUT2D eigenvalue weighted by atomic mass is 9.97. The lowest BCUT2D eigenvalue weighted by Crippen LogP contribution is -2.27. The maximum atomic E-state index is 4.99. The quantitative estimate of drug-likeness (QED) is 0.494. The Bertz CT molecular complexity index is 1200. The van der Waals surface area contributed by atoms with Crippen LogP contribution in [0.2, 0.25) is 0 Å². The molecule has 1 N–H and O–H groups in total. The zero-order valence-electron chi connectivity index (χ0n) is 18.2. The molecule has 0 bridgehead atoms. The van der Waals surface area contributed by atoms with Gasteiger partial charge in [0.25, 0.3) is 0 Å². The van der Waals surface area contributed by atoms with E-state index in [-0.39, 0.29) is 6.04 Å². The number of anilines is 1. The zero-order chi connectivity index (χ0) is 21.4. The first-order valence-corrected chi connectivity index (χ1v) is 11.5. The third-order valence-electron chi connectivity index (χ3n) is 5.93. The SMILES string of the molecule is CN(C)C(CNc1nc(-c2cccnc2)nc2sc3c(c12)CCCC3)c1cnn(C)c1. The van der Waals surface area contributed by atoms with Crippen LogP contribution >= 0.6 is 11.3 Å². The highest BCUT2D eigenvalue weighted by Crippen LogP contribution is 2.39. The van der Waals surface area contributed by atoms with Gasteiger partial charge in [-0.05, 0) is 57.5 Å². The molecule has 0 aromatic carbocycles. The normalized spacial score (nSPS) is 14.7. The summed E-state index contributed by atoms with van der Waals surface area (Å²) in [6.45, 7) is 0.738. The zero-order valence-corrected chi connectivity index (χ0v) is 19.0. The molecule has 0 saturated carbocycles. The van der Waals surface area contributed by atoms with E-state index in [0.717, 1.165) is 41.4 Å². The standard InChI is InChI=1S/C23H27N7S/c1-29(2)18(16-12-26-30(3)14-16)13-25-22-20-17-8-4-5-9-19(17)31-23(20)28-21(27-22)15-7-6-10-24-11-15/h6-7,10-12,14,18H,4-5,8-9,13H2,1-3H3,(H,25,27,28). The summed E-state index contributed by atoms with van der Waals surface area (Å²) in [6, 6.07) is 4.14. The number of nitrogens with zero attached hydrogens (tertiary/aromatic N) is 6. The van der Waals surface area contributed by atoms with Gasteiger partial charge in [0.1, 0.15) is 10.6 Å². The van der Waals surface area contributed by atoms with Crippen molar-refractivity contribution in [3.63, 3.8) is 0 Å². The molecule has 4 aromatic rings. The lowest BCUT2D eigenvalue weighted by molar-refractivity contribution is 0.311. The van der Waals surface area contributed by atoms with Crippen molar-refractivity contribution in [2.45, 2.75) is 31.7 Å². The van der Waals surface area contributed by atoms with Crippen LogP contribution in [0.25, 0.3) is 21.6 Å². The first-order chi connectivity index (χ1) is 15.1. The molecule has 1 unspecified atom stereocenters. The number of pyridine rings is 1. The molecule has 1 aliphatic carbocycles. The Hall–Kier alpha value is -2.84. The van der Waals surface area contributed by atoms with Gasteiger partial charge < -0.3 is 10.2 Å². The van der Waals surface area contributed by atoms with Crippen LogP contribution in [0.15, 0.2) is 36.9 Å². The van der Waals surface area contributed by atoms with Crippen molar-refractivity contribution in [3.05, 3.63) is 52.9 Å². The Morgan fingerprint density at radius 2 is 2.06 bits per heavy atom. The second kappa shape index (κ2) is 8.36. The van der Waals surface area contributed by atoms with Crippen LogP contribution in [-0.4, -0.2) is 50.3 Å². The fourth-order valence-corrected chi connectivity index (χ4v) is 5.57. The van der Waals surface area contributed by atoms with Crippen LogP contribution in [-0.2, 0) is 19.9 Å². The summed E-state index contributed by atoms with van der Waals surface area (Å²) in [6.07, 6.45) is 12.4. The van der Waals surface area contributed by atoms with Crippen molar-refractivity contribution < 1.29 is 0 Å². The maximum Gasteiger partial charge on any atom is 0.164 e. The monoisotopic (exact) mass is 433 g/mol. The minimum Gasteiger partial charge on any atom is -0.367 e. The predicted octanol–water partition coefficient (Wildman–Crippen LogP) is 4.08. The number of fused-ring (bicyclic) bond motifs is 3. The summed E-state index contributed by atoms with van der Waals surface area (Å²) in [5.41, 5.74) is 3.56. The molecule has 1 aliphatic rings. The topological polar surface area (TPSA) is 71.8 Å². The molecule has 7 nitrogen and oxygen atoms in total. The van der Waals surface area contributed by atoms with Gasteiger partial charge in [-0.3, -0.25) is 9.67 Å². The number of nitrogens with one attached hydrogen (secondary N) is 1. The fourth-order valence-electron chi connectivity index (χ4n) is 4.31. The number of rotatable bonds is 6. The number of aromatic nitrogens is 5. The first-order valence-electron chi connectivity index (χ1n) is 10.7. The summed E-state index contributed by atoms with van der Waals surface area (Å²) < 4.78 is 1.85. The summed E-state index contributed by atoms with van der Waals surface area (Å²) >= 11 is 1.83. The van der Waals surface area contributed by atoms with Crippen LogP contribution in [0.5, 0.6) is 0 Å². The molecule has 160 valence electrons.